The van der Waals surface area contributed by atoms with Gasteiger partial charge in [0, 0.05) is 11.9 Å². The molecule has 0 aromatic carbocycles. The summed E-state index contributed by atoms with van der Waals surface area (Å²) in [6.07, 6.45) is -4.59. The Morgan fingerprint density at radius 1 is 1.53 bits per heavy atom. The first-order valence-corrected chi connectivity index (χ1v) is 6.32. The van der Waals surface area contributed by atoms with Crippen LogP contribution in [0.5, 0.6) is 0 Å². The van der Waals surface area contributed by atoms with Gasteiger partial charge in [-0.25, -0.2) is 4.79 Å². The van der Waals surface area contributed by atoms with Gasteiger partial charge in [-0.3, -0.25) is 4.68 Å². The third kappa shape index (κ3) is 2.58. The number of hydrogen-bond donors (Lipinski definition) is 1. The number of fused-ring (bicyclic) bond motifs is 1. The van der Waals surface area contributed by atoms with Gasteiger partial charge in [-0.1, -0.05) is 13.8 Å². The first-order valence-electron chi connectivity index (χ1n) is 5.51. The molecule has 0 aliphatic rings. The maximum Gasteiger partial charge on any atom is 0.435 e. The number of alkyl halides is 3. The summed E-state index contributed by atoms with van der Waals surface area (Å²) in [4.78, 5) is 11.0. The van der Waals surface area contributed by atoms with Crippen molar-refractivity contribution in [1.82, 2.24) is 9.78 Å². The molecule has 8 heteroatoms. The Morgan fingerprint density at radius 2 is 2.16 bits per heavy atom. The third-order valence-corrected chi connectivity index (χ3v) is 3.58. The number of aromatic nitrogens is 2. The number of nitrogens with zero attached hydrogens (tertiary/aromatic N) is 2. The van der Waals surface area contributed by atoms with Gasteiger partial charge < -0.3 is 5.11 Å². The highest BCUT2D eigenvalue weighted by Gasteiger charge is 2.38. The first kappa shape index (κ1) is 13.9. The molecular formula is C11H11F3N2O2S. The quantitative estimate of drug-likeness (QED) is 0.942. The number of hydrogen-bond acceptors (Lipinski definition) is 3. The van der Waals surface area contributed by atoms with E-state index in [1.807, 2.05) is 13.8 Å². The summed E-state index contributed by atoms with van der Waals surface area (Å²) in [7, 11) is 0. The lowest BCUT2D eigenvalue weighted by Crippen LogP contribution is -2.10. The normalized spacial score (nSPS) is 12.5. The molecule has 0 atom stereocenters. The maximum absolute atomic E-state index is 12.9. The molecule has 104 valence electrons. The van der Waals surface area contributed by atoms with E-state index >= 15 is 0 Å². The molecule has 0 aliphatic carbocycles. The van der Waals surface area contributed by atoms with Crippen LogP contribution in [-0.4, -0.2) is 20.9 Å². The Balaban J connectivity index is 2.66. The van der Waals surface area contributed by atoms with Crippen molar-refractivity contribution >= 4 is 27.5 Å². The van der Waals surface area contributed by atoms with Gasteiger partial charge in [-0.15, -0.1) is 11.3 Å². The van der Waals surface area contributed by atoms with E-state index in [0.29, 0.717) is 6.54 Å². The summed E-state index contributed by atoms with van der Waals surface area (Å²) in [6, 6.07) is 1.04. The van der Waals surface area contributed by atoms with Gasteiger partial charge in [0.05, 0.1) is 0 Å². The minimum Gasteiger partial charge on any atom is -0.477 e. The second-order valence-corrected chi connectivity index (χ2v) is 5.59. The number of carboxylic acid groups (broad SMARTS) is 1. The van der Waals surface area contributed by atoms with E-state index < -0.39 is 17.8 Å². The summed E-state index contributed by atoms with van der Waals surface area (Å²) in [5.74, 6) is -1.12. The van der Waals surface area contributed by atoms with Crippen LogP contribution in [0.2, 0.25) is 0 Å². The van der Waals surface area contributed by atoms with Crippen LogP contribution in [0.3, 0.4) is 0 Å². The first-order chi connectivity index (χ1) is 8.70. The van der Waals surface area contributed by atoms with Crippen LogP contribution >= 0.6 is 11.3 Å². The fraction of sp³-hybridized carbons (Fsp3) is 0.455. The number of aromatic carboxylic acids is 1. The summed E-state index contributed by atoms with van der Waals surface area (Å²) >= 11 is 0.812. The molecule has 0 spiro atoms. The summed E-state index contributed by atoms with van der Waals surface area (Å²) in [5, 5.41) is 12.3. The van der Waals surface area contributed by atoms with E-state index in [-0.39, 0.29) is 21.0 Å². The number of halogens is 3. The standard InChI is InChI=1S/C11H11F3N2O2S/c1-5(2)4-16-9-6(3-7(19-9)10(17)18)8(15-16)11(12,13)14/h3,5H,4H2,1-2H3,(H,17,18). The second-order valence-electron chi connectivity index (χ2n) is 4.56. The van der Waals surface area contributed by atoms with E-state index in [1.165, 1.54) is 4.68 Å². The summed E-state index contributed by atoms with van der Waals surface area (Å²) < 4.78 is 39.8. The van der Waals surface area contributed by atoms with Gasteiger partial charge in [0.25, 0.3) is 0 Å². The minimum atomic E-state index is -4.59. The Labute approximate surface area is 110 Å². The topological polar surface area (TPSA) is 55.1 Å². The van der Waals surface area contributed by atoms with Gasteiger partial charge in [0.15, 0.2) is 5.69 Å². The number of carboxylic acids is 1. The van der Waals surface area contributed by atoms with E-state index in [0.717, 1.165) is 17.4 Å². The lowest BCUT2D eigenvalue weighted by molar-refractivity contribution is -0.140. The lowest BCUT2D eigenvalue weighted by Gasteiger charge is -2.05. The Bertz CT molecular complexity index is 628. The molecule has 0 fully saturated rings. The van der Waals surface area contributed by atoms with E-state index in [2.05, 4.69) is 5.10 Å². The average molecular weight is 292 g/mol. The Morgan fingerprint density at radius 3 is 2.63 bits per heavy atom. The molecule has 0 radical (unpaired) electrons. The molecule has 4 nitrogen and oxygen atoms in total. The highest BCUT2D eigenvalue weighted by atomic mass is 32.1. The monoisotopic (exact) mass is 292 g/mol. The van der Waals surface area contributed by atoms with Crippen LogP contribution in [0.4, 0.5) is 13.2 Å². The number of thiophene rings is 1. The highest BCUT2D eigenvalue weighted by Crippen LogP contribution is 2.37. The highest BCUT2D eigenvalue weighted by molar-refractivity contribution is 7.20. The zero-order valence-electron chi connectivity index (χ0n) is 10.2. The fourth-order valence-electron chi connectivity index (χ4n) is 1.75. The van der Waals surface area contributed by atoms with Crippen LogP contribution in [-0.2, 0) is 12.7 Å². The predicted molar refractivity (Wildman–Crippen MR) is 64.4 cm³/mol. The Hall–Kier alpha value is -1.57. The molecule has 2 rings (SSSR count). The molecule has 0 unspecified atom stereocenters. The zero-order chi connectivity index (χ0) is 14.4. The van der Waals surface area contributed by atoms with Crippen molar-refractivity contribution in [2.75, 3.05) is 0 Å². The number of carbonyl (C=O) groups is 1. The molecule has 0 saturated carbocycles. The molecule has 0 bridgehead atoms. The van der Waals surface area contributed by atoms with Crippen molar-refractivity contribution in [3.8, 4) is 0 Å². The van der Waals surface area contributed by atoms with E-state index in [9.17, 15) is 18.0 Å². The molecule has 1 N–H and O–H groups in total. The molecule has 0 amide bonds. The largest absolute Gasteiger partial charge is 0.477 e. The van der Waals surface area contributed by atoms with Crippen LogP contribution in [0.1, 0.15) is 29.2 Å². The Kier molecular flexibility index (Phi) is 3.29. The molecule has 0 aliphatic heterocycles. The van der Waals surface area contributed by atoms with E-state index in [1.54, 1.807) is 0 Å². The lowest BCUT2D eigenvalue weighted by atomic mass is 10.2. The molecular weight excluding hydrogens is 281 g/mol. The third-order valence-electron chi connectivity index (χ3n) is 2.44. The maximum atomic E-state index is 12.9. The van der Waals surface area contributed by atoms with Gasteiger partial charge in [-0.2, -0.15) is 18.3 Å². The van der Waals surface area contributed by atoms with Crippen LogP contribution in [0.25, 0.3) is 10.2 Å². The molecule has 2 aromatic rings. The van der Waals surface area contributed by atoms with Crippen LogP contribution in [0, 0.1) is 5.92 Å². The smallest absolute Gasteiger partial charge is 0.435 e. The van der Waals surface area contributed by atoms with Gasteiger partial charge in [-0.05, 0) is 12.0 Å². The van der Waals surface area contributed by atoms with Crippen molar-refractivity contribution in [3.63, 3.8) is 0 Å². The van der Waals surface area contributed by atoms with E-state index in [4.69, 9.17) is 5.11 Å². The van der Waals surface area contributed by atoms with Crippen molar-refractivity contribution in [3.05, 3.63) is 16.6 Å². The minimum absolute atomic E-state index is 0.111. The molecule has 0 saturated heterocycles. The second kappa shape index (κ2) is 4.52. The van der Waals surface area contributed by atoms with Crippen LogP contribution in [0.15, 0.2) is 6.07 Å². The van der Waals surface area contributed by atoms with Crippen molar-refractivity contribution in [1.29, 1.82) is 0 Å². The van der Waals surface area contributed by atoms with Gasteiger partial charge in [0.1, 0.15) is 9.71 Å². The predicted octanol–water partition coefficient (Wildman–Crippen LogP) is 3.47. The molecule has 2 aromatic heterocycles. The van der Waals surface area contributed by atoms with Crippen LogP contribution < -0.4 is 0 Å². The summed E-state index contributed by atoms with van der Waals surface area (Å²) in [6.45, 7) is 4.02. The SMILES string of the molecule is CC(C)Cn1nc(C(F)(F)F)c2cc(C(=O)O)sc21. The van der Waals surface area contributed by atoms with Gasteiger partial charge >= 0.3 is 12.1 Å². The number of rotatable bonds is 3. The van der Waals surface area contributed by atoms with Crippen molar-refractivity contribution < 1.29 is 23.1 Å². The summed E-state index contributed by atoms with van der Waals surface area (Å²) in [5.41, 5.74) is -1.02. The average Bonchev–Trinajstić information content (AvgIpc) is 2.76. The fourth-order valence-corrected chi connectivity index (χ4v) is 2.71. The van der Waals surface area contributed by atoms with Crippen molar-refractivity contribution in [2.24, 2.45) is 5.92 Å². The molecule has 2 heterocycles. The zero-order valence-corrected chi connectivity index (χ0v) is 11.0. The molecule has 19 heavy (non-hydrogen) atoms. The van der Waals surface area contributed by atoms with Gasteiger partial charge in [0.2, 0.25) is 0 Å². The van der Waals surface area contributed by atoms with Crippen molar-refractivity contribution in [2.45, 2.75) is 26.6 Å².